The Hall–Kier alpha value is -0.610. The Morgan fingerprint density at radius 1 is 1.25 bits per heavy atom. The molecule has 1 heterocycles. The molecule has 1 N–H and O–H groups in total. The molecule has 0 amide bonds. The van der Waals surface area contributed by atoms with E-state index in [9.17, 15) is 4.79 Å². The van der Waals surface area contributed by atoms with Gasteiger partial charge in [0.05, 0.1) is 6.54 Å². The number of carboxylic acids is 1. The fourth-order valence-corrected chi connectivity index (χ4v) is 3.11. The first-order valence-corrected chi connectivity index (χ1v) is 6.35. The number of piperazine rings is 1. The zero-order valence-corrected chi connectivity index (χ0v) is 10.1. The van der Waals surface area contributed by atoms with Crippen molar-refractivity contribution in [1.29, 1.82) is 0 Å². The molecule has 0 bridgehead atoms. The standard InChI is InChI=1S/C12H22N2O2/c1-10-3-2-4-11(10)14-7-5-13(6-8-14)9-12(15)16/h10-11H,2-9H2,1H3,(H,15,16). The lowest BCUT2D eigenvalue weighted by atomic mass is 10.0. The summed E-state index contributed by atoms with van der Waals surface area (Å²) >= 11 is 0. The molecule has 2 fully saturated rings. The van der Waals surface area contributed by atoms with Crippen LogP contribution in [-0.4, -0.2) is 59.6 Å². The summed E-state index contributed by atoms with van der Waals surface area (Å²) in [4.78, 5) is 15.2. The molecular weight excluding hydrogens is 204 g/mol. The third-order valence-corrected chi connectivity index (χ3v) is 4.05. The summed E-state index contributed by atoms with van der Waals surface area (Å²) in [5.74, 6) is 0.119. The molecular formula is C12H22N2O2. The van der Waals surface area contributed by atoms with E-state index >= 15 is 0 Å². The van der Waals surface area contributed by atoms with Crippen LogP contribution in [0.1, 0.15) is 26.2 Å². The molecule has 16 heavy (non-hydrogen) atoms. The third-order valence-electron chi connectivity index (χ3n) is 4.05. The van der Waals surface area contributed by atoms with Crippen molar-refractivity contribution in [3.8, 4) is 0 Å². The molecule has 1 saturated heterocycles. The quantitative estimate of drug-likeness (QED) is 0.776. The predicted molar refractivity (Wildman–Crippen MR) is 62.5 cm³/mol. The summed E-state index contributed by atoms with van der Waals surface area (Å²) in [5.41, 5.74) is 0. The Bertz CT molecular complexity index is 249. The van der Waals surface area contributed by atoms with E-state index in [1.807, 2.05) is 4.90 Å². The maximum absolute atomic E-state index is 10.6. The van der Waals surface area contributed by atoms with Crippen LogP contribution in [0.5, 0.6) is 0 Å². The highest BCUT2D eigenvalue weighted by atomic mass is 16.4. The van der Waals surface area contributed by atoms with E-state index in [1.165, 1.54) is 19.3 Å². The summed E-state index contributed by atoms with van der Waals surface area (Å²) < 4.78 is 0. The number of hydrogen-bond donors (Lipinski definition) is 1. The van der Waals surface area contributed by atoms with Crippen molar-refractivity contribution in [2.45, 2.75) is 32.2 Å². The highest BCUT2D eigenvalue weighted by Crippen LogP contribution is 2.29. The molecule has 2 rings (SSSR count). The van der Waals surface area contributed by atoms with Crippen LogP contribution in [0.15, 0.2) is 0 Å². The third kappa shape index (κ3) is 2.74. The van der Waals surface area contributed by atoms with Crippen molar-refractivity contribution in [3.05, 3.63) is 0 Å². The van der Waals surface area contributed by atoms with Gasteiger partial charge in [0.25, 0.3) is 0 Å². The lowest BCUT2D eigenvalue weighted by molar-refractivity contribution is -0.138. The summed E-state index contributed by atoms with van der Waals surface area (Å²) in [5, 5.41) is 8.73. The minimum absolute atomic E-state index is 0.202. The van der Waals surface area contributed by atoms with E-state index in [2.05, 4.69) is 11.8 Å². The lowest BCUT2D eigenvalue weighted by Crippen LogP contribution is -2.51. The van der Waals surface area contributed by atoms with Gasteiger partial charge in [-0.05, 0) is 18.8 Å². The molecule has 0 aromatic heterocycles. The number of hydrogen-bond acceptors (Lipinski definition) is 3. The topological polar surface area (TPSA) is 43.8 Å². The first kappa shape index (κ1) is 11.9. The van der Waals surface area contributed by atoms with Gasteiger partial charge in [0.2, 0.25) is 0 Å². The minimum Gasteiger partial charge on any atom is -0.480 e. The molecule has 4 nitrogen and oxygen atoms in total. The van der Waals surface area contributed by atoms with Gasteiger partial charge in [-0.25, -0.2) is 0 Å². The van der Waals surface area contributed by atoms with E-state index in [4.69, 9.17) is 5.11 Å². The minimum atomic E-state index is -0.706. The van der Waals surface area contributed by atoms with E-state index in [0.29, 0.717) is 0 Å². The van der Waals surface area contributed by atoms with Gasteiger partial charge in [-0.3, -0.25) is 14.6 Å². The molecule has 0 radical (unpaired) electrons. The number of nitrogens with zero attached hydrogens (tertiary/aromatic N) is 2. The Morgan fingerprint density at radius 2 is 1.94 bits per heavy atom. The van der Waals surface area contributed by atoms with Crippen LogP contribution in [-0.2, 0) is 4.79 Å². The van der Waals surface area contributed by atoms with Gasteiger partial charge in [-0.2, -0.15) is 0 Å². The Morgan fingerprint density at radius 3 is 2.44 bits per heavy atom. The summed E-state index contributed by atoms with van der Waals surface area (Å²) in [6, 6.07) is 0.756. The second kappa shape index (κ2) is 5.15. The van der Waals surface area contributed by atoms with Crippen molar-refractivity contribution < 1.29 is 9.90 Å². The first-order chi connectivity index (χ1) is 7.66. The van der Waals surface area contributed by atoms with Crippen molar-refractivity contribution in [2.75, 3.05) is 32.7 Å². The van der Waals surface area contributed by atoms with Gasteiger partial charge in [-0.1, -0.05) is 13.3 Å². The highest BCUT2D eigenvalue weighted by Gasteiger charge is 2.31. The molecule has 0 aromatic rings. The van der Waals surface area contributed by atoms with Crippen molar-refractivity contribution in [3.63, 3.8) is 0 Å². The second-order valence-corrected chi connectivity index (χ2v) is 5.18. The fourth-order valence-electron chi connectivity index (χ4n) is 3.11. The zero-order valence-electron chi connectivity index (χ0n) is 10.1. The van der Waals surface area contributed by atoms with Crippen LogP contribution in [0.3, 0.4) is 0 Å². The molecule has 1 saturated carbocycles. The summed E-state index contributed by atoms with van der Waals surface area (Å²) in [6.07, 6.45) is 4.06. The lowest BCUT2D eigenvalue weighted by Gasteiger charge is -2.39. The van der Waals surface area contributed by atoms with Gasteiger partial charge in [0.15, 0.2) is 0 Å². The molecule has 1 aliphatic heterocycles. The SMILES string of the molecule is CC1CCCC1N1CCN(CC(=O)O)CC1. The van der Waals surface area contributed by atoms with Gasteiger partial charge < -0.3 is 5.11 Å². The molecule has 0 spiro atoms. The summed E-state index contributed by atoms with van der Waals surface area (Å²) in [7, 11) is 0. The zero-order chi connectivity index (χ0) is 11.5. The average Bonchev–Trinajstić information content (AvgIpc) is 2.65. The average molecular weight is 226 g/mol. The Labute approximate surface area is 97.2 Å². The first-order valence-electron chi connectivity index (χ1n) is 6.35. The van der Waals surface area contributed by atoms with Crippen molar-refractivity contribution >= 4 is 5.97 Å². The molecule has 2 unspecified atom stereocenters. The van der Waals surface area contributed by atoms with Crippen molar-refractivity contribution in [1.82, 2.24) is 9.80 Å². The smallest absolute Gasteiger partial charge is 0.317 e. The van der Waals surface area contributed by atoms with Crippen LogP contribution >= 0.6 is 0 Å². The van der Waals surface area contributed by atoms with Crippen LogP contribution in [0.2, 0.25) is 0 Å². The van der Waals surface area contributed by atoms with Gasteiger partial charge in [-0.15, -0.1) is 0 Å². The number of aliphatic carboxylic acids is 1. The maximum atomic E-state index is 10.6. The van der Waals surface area contributed by atoms with E-state index in [1.54, 1.807) is 0 Å². The van der Waals surface area contributed by atoms with Crippen LogP contribution in [0.4, 0.5) is 0 Å². The van der Waals surface area contributed by atoms with Crippen LogP contribution in [0.25, 0.3) is 0 Å². The second-order valence-electron chi connectivity index (χ2n) is 5.18. The molecule has 4 heteroatoms. The maximum Gasteiger partial charge on any atom is 0.317 e. The Balaban J connectivity index is 1.78. The monoisotopic (exact) mass is 226 g/mol. The van der Waals surface area contributed by atoms with E-state index < -0.39 is 5.97 Å². The highest BCUT2D eigenvalue weighted by molar-refractivity contribution is 5.69. The molecule has 0 aromatic carbocycles. The molecule has 2 aliphatic rings. The largest absolute Gasteiger partial charge is 0.480 e. The normalized spacial score (nSPS) is 33.1. The van der Waals surface area contributed by atoms with Crippen LogP contribution in [0, 0.1) is 5.92 Å². The molecule has 2 atom stereocenters. The fraction of sp³-hybridized carbons (Fsp3) is 0.917. The molecule has 92 valence electrons. The van der Waals surface area contributed by atoms with Gasteiger partial charge in [0.1, 0.15) is 0 Å². The number of carbonyl (C=O) groups is 1. The Kier molecular flexibility index (Phi) is 3.82. The number of rotatable bonds is 3. The predicted octanol–water partition coefficient (Wildman–Crippen LogP) is 0.877. The van der Waals surface area contributed by atoms with Crippen molar-refractivity contribution in [2.24, 2.45) is 5.92 Å². The van der Waals surface area contributed by atoms with Gasteiger partial charge >= 0.3 is 5.97 Å². The van der Waals surface area contributed by atoms with Gasteiger partial charge in [0, 0.05) is 32.2 Å². The van der Waals surface area contributed by atoms with E-state index in [-0.39, 0.29) is 6.54 Å². The molecule has 1 aliphatic carbocycles. The van der Waals surface area contributed by atoms with Crippen LogP contribution < -0.4 is 0 Å². The summed E-state index contributed by atoms with van der Waals surface area (Å²) in [6.45, 7) is 6.46. The number of carboxylic acid groups (broad SMARTS) is 1. The van der Waals surface area contributed by atoms with E-state index in [0.717, 1.165) is 38.1 Å².